The minimum absolute atomic E-state index is 0.0830. The molecule has 0 radical (unpaired) electrons. The van der Waals surface area contributed by atoms with Crippen LogP contribution < -0.4 is 10.6 Å². The summed E-state index contributed by atoms with van der Waals surface area (Å²) in [5.74, 6) is -0.601. The third-order valence-electron chi connectivity index (χ3n) is 3.85. The normalized spacial score (nSPS) is 18.6. The van der Waals surface area contributed by atoms with Crippen LogP contribution in [-0.4, -0.2) is 35.1 Å². The van der Waals surface area contributed by atoms with Gasteiger partial charge in [-0.05, 0) is 44.2 Å². The number of carboxylic acids is 1. The standard InChI is InChI=1S/C15H21N3O3/c1-9-6-10(2)17-15(13(9)14(16)21)18-5-3-4-11(8-18)7-12(19)20/h6,11H,3-5,7-8H2,1-2H3,(H2,16,21)(H,19,20). The van der Waals surface area contributed by atoms with E-state index in [9.17, 15) is 9.59 Å². The summed E-state index contributed by atoms with van der Waals surface area (Å²) in [6.07, 6.45) is 1.93. The van der Waals surface area contributed by atoms with Gasteiger partial charge in [-0.25, -0.2) is 4.98 Å². The summed E-state index contributed by atoms with van der Waals surface area (Å²) in [5.41, 5.74) is 7.57. The average Bonchev–Trinajstić information content (AvgIpc) is 2.36. The van der Waals surface area contributed by atoms with E-state index < -0.39 is 11.9 Å². The molecule has 2 heterocycles. The molecule has 114 valence electrons. The van der Waals surface area contributed by atoms with E-state index in [0.717, 1.165) is 30.6 Å². The number of carbonyl (C=O) groups excluding carboxylic acids is 1. The quantitative estimate of drug-likeness (QED) is 0.876. The first kappa shape index (κ1) is 15.3. The van der Waals surface area contributed by atoms with E-state index in [2.05, 4.69) is 4.98 Å². The Morgan fingerprint density at radius 2 is 2.19 bits per heavy atom. The summed E-state index contributed by atoms with van der Waals surface area (Å²) < 4.78 is 0. The number of rotatable bonds is 4. The fraction of sp³-hybridized carbons (Fsp3) is 0.533. The Morgan fingerprint density at radius 3 is 2.81 bits per heavy atom. The predicted octanol–water partition coefficient (Wildman–Crippen LogP) is 1.49. The number of carbonyl (C=O) groups is 2. The van der Waals surface area contributed by atoms with E-state index in [4.69, 9.17) is 10.8 Å². The summed E-state index contributed by atoms with van der Waals surface area (Å²) in [4.78, 5) is 29.1. The van der Waals surface area contributed by atoms with E-state index in [0.29, 0.717) is 17.9 Å². The molecule has 1 aliphatic heterocycles. The maximum Gasteiger partial charge on any atom is 0.303 e. The van der Waals surface area contributed by atoms with Crippen LogP contribution in [0.5, 0.6) is 0 Å². The molecular formula is C15H21N3O3. The first-order chi connectivity index (χ1) is 9.88. The van der Waals surface area contributed by atoms with Crippen molar-refractivity contribution in [2.24, 2.45) is 11.7 Å². The number of carboxylic acid groups (broad SMARTS) is 1. The third-order valence-corrected chi connectivity index (χ3v) is 3.85. The number of primary amides is 1. The van der Waals surface area contributed by atoms with Gasteiger partial charge in [-0.1, -0.05) is 0 Å². The minimum atomic E-state index is -0.787. The van der Waals surface area contributed by atoms with Crippen molar-refractivity contribution in [2.75, 3.05) is 18.0 Å². The second kappa shape index (κ2) is 6.11. The zero-order valence-corrected chi connectivity index (χ0v) is 12.4. The van der Waals surface area contributed by atoms with Gasteiger partial charge in [0.05, 0.1) is 5.56 Å². The maximum absolute atomic E-state index is 11.7. The monoisotopic (exact) mass is 291 g/mol. The van der Waals surface area contributed by atoms with Crippen molar-refractivity contribution in [2.45, 2.75) is 33.1 Å². The molecule has 2 rings (SSSR count). The molecule has 0 aliphatic carbocycles. The Bertz CT molecular complexity index is 572. The van der Waals surface area contributed by atoms with Crippen LogP contribution in [0.15, 0.2) is 6.07 Å². The SMILES string of the molecule is Cc1cc(C)c(C(N)=O)c(N2CCCC(CC(=O)O)C2)n1. The number of nitrogens with zero attached hydrogens (tertiary/aromatic N) is 2. The predicted molar refractivity (Wildman–Crippen MR) is 79.4 cm³/mol. The van der Waals surface area contributed by atoms with Crippen LogP contribution >= 0.6 is 0 Å². The highest BCUT2D eigenvalue weighted by atomic mass is 16.4. The van der Waals surface area contributed by atoms with Gasteiger partial charge >= 0.3 is 5.97 Å². The summed E-state index contributed by atoms with van der Waals surface area (Å²) in [6, 6.07) is 1.84. The lowest BCUT2D eigenvalue weighted by Crippen LogP contribution is -2.38. The molecule has 0 spiro atoms. The van der Waals surface area contributed by atoms with Crippen LogP contribution in [0, 0.1) is 19.8 Å². The Kier molecular flexibility index (Phi) is 4.45. The van der Waals surface area contributed by atoms with Gasteiger partial charge in [0.1, 0.15) is 5.82 Å². The topological polar surface area (TPSA) is 96.5 Å². The van der Waals surface area contributed by atoms with Gasteiger partial charge < -0.3 is 15.7 Å². The molecule has 21 heavy (non-hydrogen) atoms. The highest BCUT2D eigenvalue weighted by molar-refractivity contribution is 5.99. The number of hydrogen-bond donors (Lipinski definition) is 2. The number of amides is 1. The molecule has 1 aromatic heterocycles. The van der Waals surface area contributed by atoms with Crippen LogP contribution in [0.4, 0.5) is 5.82 Å². The fourth-order valence-electron chi connectivity index (χ4n) is 3.02. The number of piperidine rings is 1. The van der Waals surface area contributed by atoms with Crippen molar-refractivity contribution < 1.29 is 14.7 Å². The number of anilines is 1. The summed E-state index contributed by atoms with van der Waals surface area (Å²) in [7, 11) is 0. The van der Waals surface area contributed by atoms with Crippen molar-refractivity contribution in [3.05, 3.63) is 22.9 Å². The molecule has 0 aromatic carbocycles. The molecule has 6 heteroatoms. The van der Waals surface area contributed by atoms with Gasteiger partial charge in [0.25, 0.3) is 5.91 Å². The van der Waals surface area contributed by atoms with Crippen molar-refractivity contribution in [3.8, 4) is 0 Å². The highest BCUT2D eigenvalue weighted by Crippen LogP contribution is 2.28. The van der Waals surface area contributed by atoms with Crippen molar-refractivity contribution in [1.82, 2.24) is 4.98 Å². The van der Waals surface area contributed by atoms with Crippen molar-refractivity contribution in [3.63, 3.8) is 0 Å². The molecule has 1 aliphatic rings. The number of aliphatic carboxylic acids is 1. The minimum Gasteiger partial charge on any atom is -0.481 e. The van der Waals surface area contributed by atoms with Gasteiger partial charge in [-0.2, -0.15) is 0 Å². The highest BCUT2D eigenvalue weighted by Gasteiger charge is 2.26. The maximum atomic E-state index is 11.7. The van der Waals surface area contributed by atoms with E-state index in [1.807, 2.05) is 24.8 Å². The Balaban J connectivity index is 2.32. The molecule has 1 saturated heterocycles. The van der Waals surface area contributed by atoms with E-state index in [1.54, 1.807) is 0 Å². The molecular weight excluding hydrogens is 270 g/mol. The molecule has 6 nitrogen and oxygen atoms in total. The van der Waals surface area contributed by atoms with Gasteiger partial charge in [-0.15, -0.1) is 0 Å². The number of aryl methyl sites for hydroxylation is 2. The largest absolute Gasteiger partial charge is 0.481 e. The molecule has 0 bridgehead atoms. The first-order valence-electron chi connectivity index (χ1n) is 7.13. The van der Waals surface area contributed by atoms with Gasteiger partial charge in [0.2, 0.25) is 0 Å². The van der Waals surface area contributed by atoms with Crippen molar-refractivity contribution >= 4 is 17.7 Å². The third kappa shape index (κ3) is 3.51. The van der Waals surface area contributed by atoms with Crippen LogP contribution in [-0.2, 0) is 4.79 Å². The number of hydrogen-bond acceptors (Lipinski definition) is 4. The molecule has 1 fully saturated rings. The van der Waals surface area contributed by atoms with Crippen LogP contribution in [0.3, 0.4) is 0 Å². The second-order valence-corrected chi connectivity index (χ2v) is 5.70. The number of pyridine rings is 1. The van der Waals surface area contributed by atoms with Crippen LogP contribution in [0.1, 0.15) is 40.9 Å². The Labute approximate surface area is 124 Å². The summed E-state index contributed by atoms with van der Waals surface area (Å²) in [5, 5.41) is 8.95. The second-order valence-electron chi connectivity index (χ2n) is 5.70. The lowest BCUT2D eigenvalue weighted by atomic mass is 9.94. The molecule has 1 unspecified atom stereocenters. The molecule has 1 atom stereocenters. The smallest absolute Gasteiger partial charge is 0.303 e. The molecule has 0 saturated carbocycles. The zero-order chi connectivity index (χ0) is 15.6. The molecule has 1 amide bonds. The molecule has 3 N–H and O–H groups in total. The molecule has 1 aromatic rings. The summed E-state index contributed by atoms with van der Waals surface area (Å²) in [6.45, 7) is 5.09. The van der Waals surface area contributed by atoms with Crippen LogP contribution in [0.2, 0.25) is 0 Å². The van der Waals surface area contributed by atoms with Gasteiger partial charge in [-0.3, -0.25) is 9.59 Å². The summed E-state index contributed by atoms with van der Waals surface area (Å²) >= 11 is 0. The average molecular weight is 291 g/mol. The van der Waals surface area contributed by atoms with Gasteiger partial charge in [0.15, 0.2) is 0 Å². The van der Waals surface area contributed by atoms with Crippen molar-refractivity contribution in [1.29, 1.82) is 0 Å². The Morgan fingerprint density at radius 1 is 1.48 bits per heavy atom. The number of nitrogens with two attached hydrogens (primary N) is 1. The lowest BCUT2D eigenvalue weighted by Gasteiger charge is -2.34. The van der Waals surface area contributed by atoms with E-state index in [1.165, 1.54) is 0 Å². The van der Waals surface area contributed by atoms with E-state index >= 15 is 0 Å². The van der Waals surface area contributed by atoms with E-state index in [-0.39, 0.29) is 12.3 Å². The zero-order valence-electron chi connectivity index (χ0n) is 12.4. The fourth-order valence-corrected chi connectivity index (χ4v) is 3.02. The van der Waals surface area contributed by atoms with Crippen LogP contribution in [0.25, 0.3) is 0 Å². The first-order valence-corrected chi connectivity index (χ1v) is 7.13. The lowest BCUT2D eigenvalue weighted by molar-refractivity contribution is -0.138. The Hall–Kier alpha value is -2.11. The van der Waals surface area contributed by atoms with Gasteiger partial charge in [0, 0.05) is 25.2 Å². The number of aromatic nitrogens is 1.